The molecule has 1 nitrogen and oxygen atoms in total. The van der Waals surface area contributed by atoms with Crippen molar-refractivity contribution in [3.8, 4) is 0 Å². The van der Waals surface area contributed by atoms with Crippen LogP contribution in [0.5, 0.6) is 0 Å². The SMILES string of the molecule is CC[C@H]([CH]CCl)N=C=S. The fourth-order valence-electron chi connectivity index (χ4n) is 0.481. The van der Waals surface area contributed by atoms with Gasteiger partial charge in [0.1, 0.15) is 0 Å². The summed E-state index contributed by atoms with van der Waals surface area (Å²) in [6.45, 7) is 2.03. The molecule has 0 aliphatic carbocycles. The van der Waals surface area contributed by atoms with Crippen LogP contribution in [-0.2, 0) is 0 Å². The van der Waals surface area contributed by atoms with Gasteiger partial charge in [-0.15, -0.1) is 11.6 Å². The predicted octanol–water partition coefficient (Wildman–Crippen LogP) is 2.31. The molecule has 0 spiro atoms. The number of isothiocyanates is 1. The number of hydrogen-bond acceptors (Lipinski definition) is 2. The lowest BCUT2D eigenvalue weighted by atomic mass is 10.2. The van der Waals surface area contributed by atoms with Crippen molar-refractivity contribution in [2.45, 2.75) is 19.4 Å². The Labute approximate surface area is 66.1 Å². The molecule has 0 saturated heterocycles. The molecule has 0 amide bonds. The quantitative estimate of drug-likeness (QED) is 0.351. The Morgan fingerprint density at radius 3 is 2.89 bits per heavy atom. The lowest BCUT2D eigenvalue weighted by Gasteiger charge is -2.01. The second kappa shape index (κ2) is 6.21. The molecule has 9 heavy (non-hydrogen) atoms. The van der Waals surface area contributed by atoms with Gasteiger partial charge in [0.25, 0.3) is 0 Å². The number of rotatable bonds is 4. The van der Waals surface area contributed by atoms with Crippen LogP contribution < -0.4 is 0 Å². The van der Waals surface area contributed by atoms with E-state index in [2.05, 4.69) is 22.4 Å². The molecule has 3 heteroatoms. The van der Waals surface area contributed by atoms with Crippen molar-refractivity contribution >= 4 is 29.0 Å². The van der Waals surface area contributed by atoms with Gasteiger partial charge in [0, 0.05) is 12.3 Å². The first-order valence-corrected chi connectivity index (χ1v) is 3.75. The minimum absolute atomic E-state index is 0.167. The van der Waals surface area contributed by atoms with Crippen LogP contribution in [0.1, 0.15) is 13.3 Å². The lowest BCUT2D eigenvalue weighted by Crippen LogP contribution is -2.02. The van der Waals surface area contributed by atoms with E-state index in [4.69, 9.17) is 11.6 Å². The van der Waals surface area contributed by atoms with E-state index >= 15 is 0 Å². The van der Waals surface area contributed by atoms with Crippen molar-refractivity contribution in [3.05, 3.63) is 6.42 Å². The van der Waals surface area contributed by atoms with Crippen LogP contribution in [0, 0.1) is 6.42 Å². The molecule has 0 aromatic heterocycles. The van der Waals surface area contributed by atoms with Gasteiger partial charge in [-0.2, -0.15) is 0 Å². The van der Waals surface area contributed by atoms with Crippen LogP contribution >= 0.6 is 23.8 Å². The monoisotopic (exact) mass is 162 g/mol. The zero-order chi connectivity index (χ0) is 7.11. The Balaban J connectivity index is 3.53. The molecule has 0 aromatic rings. The third-order valence-corrected chi connectivity index (χ3v) is 1.28. The Kier molecular flexibility index (Phi) is 6.28. The molecule has 0 unspecified atom stereocenters. The average molecular weight is 163 g/mol. The zero-order valence-corrected chi connectivity index (χ0v) is 6.87. The van der Waals surface area contributed by atoms with E-state index in [1.165, 1.54) is 0 Å². The molecule has 0 aliphatic heterocycles. The van der Waals surface area contributed by atoms with E-state index in [1.807, 2.05) is 13.3 Å². The van der Waals surface area contributed by atoms with E-state index in [9.17, 15) is 0 Å². The summed E-state index contributed by atoms with van der Waals surface area (Å²) in [5.74, 6) is 0.527. The highest BCUT2D eigenvalue weighted by atomic mass is 35.5. The fraction of sp³-hybridized carbons (Fsp3) is 0.667. The van der Waals surface area contributed by atoms with E-state index < -0.39 is 0 Å². The molecule has 1 radical (unpaired) electrons. The normalized spacial score (nSPS) is 12.2. The van der Waals surface area contributed by atoms with E-state index in [0.29, 0.717) is 5.88 Å². The Bertz CT molecular complexity index is 110. The van der Waals surface area contributed by atoms with Gasteiger partial charge in [0.15, 0.2) is 0 Å². The molecule has 0 aromatic carbocycles. The van der Waals surface area contributed by atoms with Gasteiger partial charge in [0.2, 0.25) is 0 Å². The lowest BCUT2D eigenvalue weighted by molar-refractivity contribution is 0.743. The van der Waals surface area contributed by atoms with Crippen LogP contribution in [0.25, 0.3) is 0 Å². The average Bonchev–Trinajstić information content (AvgIpc) is 1.88. The first kappa shape index (κ1) is 9.09. The van der Waals surface area contributed by atoms with Gasteiger partial charge in [-0.3, -0.25) is 0 Å². The maximum atomic E-state index is 5.43. The van der Waals surface area contributed by atoms with Crippen LogP contribution in [0.4, 0.5) is 0 Å². The van der Waals surface area contributed by atoms with Gasteiger partial charge in [-0.05, 0) is 18.6 Å². The third-order valence-electron chi connectivity index (χ3n) is 0.998. The second-order valence-electron chi connectivity index (χ2n) is 1.59. The molecule has 0 N–H and O–H groups in total. The Hall–Kier alpha value is 0.0900. The second-order valence-corrected chi connectivity index (χ2v) is 2.08. The van der Waals surface area contributed by atoms with Gasteiger partial charge in [-0.25, -0.2) is 4.99 Å². The topological polar surface area (TPSA) is 12.4 Å². The molecule has 1 atom stereocenters. The minimum Gasteiger partial charge on any atom is -0.229 e. The van der Waals surface area contributed by atoms with Crippen molar-refractivity contribution < 1.29 is 0 Å². The first-order valence-electron chi connectivity index (χ1n) is 2.81. The summed E-state index contributed by atoms with van der Waals surface area (Å²) in [6, 6.07) is 0.167. The number of aliphatic imine (C=N–C) groups is 1. The molecule has 0 rings (SSSR count). The van der Waals surface area contributed by atoms with Gasteiger partial charge in [-0.1, -0.05) is 6.92 Å². The number of thiocarbonyl (C=S) groups is 1. The molecular formula is C6H9ClNS. The summed E-state index contributed by atoms with van der Waals surface area (Å²) < 4.78 is 0. The summed E-state index contributed by atoms with van der Waals surface area (Å²) in [7, 11) is 0. The van der Waals surface area contributed by atoms with Crippen LogP contribution in [0.2, 0.25) is 0 Å². The number of halogens is 1. The molecular weight excluding hydrogens is 154 g/mol. The van der Waals surface area contributed by atoms with Crippen molar-refractivity contribution in [1.82, 2.24) is 0 Å². The molecule has 0 heterocycles. The summed E-state index contributed by atoms with van der Waals surface area (Å²) >= 11 is 9.86. The molecule has 51 valence electrons. The largest absolute Gasteiger partial charge is 0.229 e. The van der Waals surface area contributed by atoms with E-state index in [0.717, 1.165) is 6.42 Å². The minimum atomic E-state index is 0.167. The highest BCUT2D eigenvalue weighted by molar-refractivity contribution is 7.78. The van der Waals surface area contributed by atoms with E-state index in [-0.39, 0.29) is 6.04 Å². The van der Waals surface area contributed by atoms with E-state index in [1.54, 1.807) is 0 Å². The van der Waals surface area contributed by atoms with Gasteiger partial charge < -0.3 is 0 Å². The summed E-state index contributed by atoms with van der Waals surface area (Å²) in [4.78, 5) is 3.86. The van der Waals surface area contributed by atoms with Crippen molar-refractivity contribution in [3.63, 3.8) is 0 Å². The van der Waals surface area contributed by atoms with Crippen LogP contribution in [-0.4, -0.2) is 17.1 Å². The number of nitrogens with zero attached hydrogens (tertiary/aromatic N) is 1. The molecule has 0 fully saturated rings. The molecule has 0 bridgehead atoms. The Morgan fingerprint density at radius 2 is 2.56 bits per heavy atom. The smallest absolute Gasteiger partial charge is 0.0643 e. The van der Waals surface area contributed by atoms with Gasteiger partial charge >= 0.3 is 0 Å². The third kappa shape index (κ3) is 4.58. The highest BCUT2D eigenvalue weighted by Crippen LogP contribution is 2.01. The van der Waals surface area contributed by atoms with Crippen LogP contribution in [0.15, 0.2) is 4.99 Å². The van der Waals surface area contributed by atoms with Gasteiger partial charge in [0.05, 0.1) is 11.2 Å². The standard InChI is InChI=1S/C6H9ClNS/c1-2-6(3-4-7)8-5-9/h3,6H,2,4H2,1H3/t6-/m1/s1. The van der Waals surface area contributed by atoms with Crippen molar-refractivity contribution in [2.24, 2.45) is 4.99 Å². The van der Waals surface area contributed by atoms with Crippen molar-refractivity contribution in [1.29, 1.82) is 0 Å². The number of alkyl halides is 1. The molecule has 0 aliphatic rings. The van der Waals surface area contributed by atoms with Crippen molar-refractivity contribution in [2.75, 3.05) is 5.88 Å². The maximum Gasteiger partial charge on any atom is 0.0643 e. The summed E-state index contributed by atoms with van der Waals surface area (Å²) in [5, 5.41) is 2.32. The first-order chi connectivity index (χ1) is 4.35. The number of hydrogen-bond donors (Lipinski definition) is 0. The molecule has 0 saturated carbocycles. The summed E-state index contributed by atoms with van der Waals surface area (Å²) in [6.07, 6.45) is 2.84. The maximum absolute atomic E-state index is 5.43. The van der Waals surface area contributed by atoms with Crippen LogP contribution in [0.3, 0.4) is 0 Å². The fourth-order valence-corrected chi connectivity index (χ4v) is 0.822. The summed E-state index contributed by atoms with van der Waals surface area (Å²) in [5.41, 5.74) is 0. The zero-order valence-electron chi connectivity index (χ0n) is 5.30. The Morgan fingerprint density at radius 1 is 1.89 bits per heavy atom. The predicted molar refractivity (Wildman–Crippen MR) is 44.1 cm³/mol. The highest BCUT2D eigenvalue weighted by Gasteiger charge is 2.00.